The molecule has 2 unspecified atom stereocenters. The first-order valence-electron chi connectivity index (χ1n) is 10.6. The lowest BCUT2D eigenvalue weighted by Gasteiger charge is -2.32. The van der Waals surface area contributed by atoms with Crippen molar-refractivity contribution in [3.8, 4) is 11.5 Å². The van der Waals surface area contributed by atoms with Gasteiger partial charge in [-0.1, -0.05) is 30.3 Å². The molecular formula is C25H23N3O4. The van der Waals surface area contributed by atoms with Crippen LogP contribution in [0.1, 0.15) is 22.3 Å². The predicted octanol–water partition coefficient (Wildman–Crippen LogP) is 3.30. The van der Waals surface area contributed by atoms with Crippen LogP contribution in [0.5, 0.6) is 11.5 Å². The summed E-state index contributed by atoms with van der Waals surface area (Å²) in [5.74, 6) is 0.757. The minimum Gasteiger partial charge on any atom is -0.496 e. The first kappa shape index (κ1) is 20.1. The lowest BCUT2D eigenvalue weighted by molar-refractivity contribution is -0.122. The van der Waals surface area contributed by atoms with Gasteiger partial charge >= 0.3 is 0 Å². The second-order valence-corrected chi connectivity index (χ2v) is 7.90. The van der Waals surface area contributed by atoms with E-state index in [0.717, 1.165) is 5.56 Å². The van der Waals surface area contributed by atoms with E-state index in [1.54, 1.807) is 40.4 Å². The van der Waals surface area contributed by atoms with E-state index in [-0.39, 0.29) is 17.9 Å². The monoisotopic (exact) mass is 429 g/mol. The van der Waals surface area contributed by atoms with Crippen molar-refractivity contribution in [1.29, 1.82) is 0 Å². The highest BCUT2D eigenvalue weighted by molar-refractivity contribution is 6.04. The van der Waals surface area contributed by atoms with Gasteiger partial charge in [-0.25, -0.2) is 0 Å². The first-order chi connectivity index (χ1) is 15.7. The number of carbonyl (C=O) groups is 2. The van der Waals surface area contributed by atoms with Gasteiger partial charge in [0.1, 0.15) is 23.6 Å². The Kier molecular flexibility index (Phi) is 5.23. The summed E-state index contributed by atoms with van der Waals surface area (Å²) < 4.78 is 11.7. The highest BCUT2D eigenvalue weighted by atomic mass is 16.5. The van der Waals surface area contributed by atoms with Crippen molar-refractivity contribution in [2.45, 2.75) is 25.1 Å². The number of hydrogen-bond acceptors (Lipinski definition) is 5. The molecule has 32 heavy (non-hydrogen) atoms. The first-order valence-corrected chi connectivity index (χ1v) is 10.6. The molecule has 7 nitrogen and oxygen atoms in total. The molecule has 1 aromatic heterocycles. The van der Waals surface area contributed by atoms with Crippen LogP contribution in [0.3, 0.4) is 0 Å². The molecule has 1 saturated heterocycles. The maximum absolute atomic E-state index is 13.8. The van der Waals surface area contributed by atoms with E-state index in [4.69, 9.17) is 9.47 Å². The zero-order valence-electron chi connectivity index (χ0n) is 17.7. The van der Waals surface area contributed by atoms with Gasteiger partial charge < -0.3 is 19.3 Å². The van der Waals surface area contributed by atoms with E-state index in [2.05, 4.69) is 4.98 Å². The van der Waals surface area contributed by atoms with Crippen molar-refractivity contribution in [3.05, 3.63) is 84.2 Å². The molecule has 3 heterocycles. The highest BCUT2D eigenvalue weighted by Crippen LogP contribution is 2.37. The normalized spacial score (nSPS) is 19.6. The molecule has 0 aliphatic carbocycles. The maximum atomic E-state index is 13.8. The minimum absolute atomic E-state index is 0.129. The molecule has 0 N–H and O–H groups in total. The average molecular weight is 429 g/mol. The van der Waals surface area contributed by atoms with Crippen LogP contribution in [0.4, 0.5) is 5.69 Å². The molecule has 2 atom stereocenters. The Balaban J connectivity index is 1.53. The number of fused-ring (bicyclic) bond motifs is 3. The van der Waals surface area contributed by atoms with Crippen molar-refractivity contribution < 1.29 is 19.1 Å². The number of nitrogens with zero attached hydrogens (tertiary/aromatic N) is 3. The van der Waals surface area contributed by atoms with Gasteiger partial charge in [0.25, 0.3) is 5.91 Å². The minimum atomic E-state index is -0.623. The Morgan fingerprint density at radius 1 is 1.12 bits per heavy atom. The summed E-state index contributed by atoms with van der Waals surface area (Å²) in [5, 5.41) is 0. The number of benzene rings is 2. The van der Waals surface area contributed by atoms with E-state index in [1.807, 2.05) is 42.5 Å². The Morgan fingerprint density at radius 2 is 1.94 bits per heavy atom. The van der Waals surface area contributed by atoms with Crippen molar-refractivity contribution in [2.24, 2.45) is 0 Å². The van der Waals surface area contributed by atoms with Gasteiger partial charge in [-0.05, 0) is 35.9 Å². The van der Waals surface area contributed by atoms with Crippen LogP contribution < -0.4 is 14.4 Å². The quantitative estimate of drug-likeness (QED) is 0.636. The van der Waals surface area contributed by atoms with E-state index < -0.39 is 6.04 Å². The second-order valence-electron chi connectivity index (χ2n) is 7.90. The predicted molar refractivity (Wildman–Crippen MR) is 119 cm³/mol. The van der Waals surface area contributed by atoms with Crippen LogP contribution in [0, 0.1) is 0 Å². The highest BCUT2D eigenvalue weighted by Gasteiger charge is 2.45. The molecule has 1 fully saturated rings. The summed E-state index contributed by atoms with van der Waals surface area (Å²) >= 11 is 0. The summed E-state index contributed by atoms with van der Waals surface area (Å²) in [6, 6.07) is 17.7. The standard InChI is InChI=1S/C25H23N3O4/c1-31-22-10-4-2-8-19(22)24(29)28-16-18-13-21(28)25(30)27(15-17-7-6-12-26-14-17)20-9-3-5-11-23(20)32-18/h2-12,14,18,21H,13,15-16H2,1H3. The zero-order chi connectivity index (χ0) is 22.1. The summed E-state index contributed by atoms with van der Waals surface area (Å²) in [6.07, 6.45) is 3.62. The van der Waals surface area contributed by atoms with Crippen molar-refractivity contribution in [2.75, 3.05) is 18.6 Å². The van der Waals surface area contributed by atoms with Gasteiger partial charge in [0.15, 0.2) is 0 Å². The van der Waals surface area contributed by atoms with E-state index >= 15 is 0 Å². The molecule has 5 rings (SSSR count). The molecule has 0 saturated carbocycles. The number of hydrogen-bond donors (Lipinski definition) is 0. The Labute approximate surface area is 186 Å². The summed E-state index contributed by atoms with van der Waals surface area (Å²) in [6.45, 7) is 0.674. The van der Waals surface area contributed by atoms with Crippen LogP contribution in [0.25, 0.3) is 0 Å². The number of para-hydroxylation sites is 3. The summed E-state index contributed by atoms with van der Waals surface area (Å²) in [7, 11) is 1.53. The van der Waals surface area contributed by atoms with E-state index in [1.165, 1.54) is 7.11 Å². The van der Waals surface area contributed by atoms with Gasteiger partial charge in [0.2, 0.25) is 5.91 Å². The SMILES string of the molecule is COc1ccccc1C(=O)N1CC2CC1C(=O)N(Cc1cccnc1)c1ccccc1O2. The van der Waals surface area contributed by atoms with Crippen LogP contribution in [-0.2, 0) is 11.3 Å². The number of anilines is 1. The number of carbonyl (C=O) groups excluding carboxylic acids is 2. The molecule has 2 aliphatic rings. The fraction of sp³-hybridized carbons (Fsp3) is 0.240. The number of amides is 2. The Morgan fingerprint density at radius 3 is 2.75 bits per heavy atom. The van der Waals surface area contributed by atoms with Crippen molar-refractivity contribution in [3.63, 3.8) is 0 Å². The number of aromatic nitrogens is 1. The Hall–Kier alpha value is -3.87. The maximum Gasteiger partial charge on any atom is 0.258 e. The smallest absolute Gasteiger partial charge is 0.258 e. The van der Waals surface area contributed by atoms with Crippen LogP contribution in [-0.4, -0.2) is 47.5 Å². The molecular weight excluding hydrogens is 406 g/mol. The van der Waals surface area contributed by atoms with Gasteiger partial charge in [-0.2, -0.15) is 0 Å². The molecule has 2 bridgehead atoms. The molecule has 2 aliphatic heterocycles. The van der Waals surface area contributed by atoms with Crippen molar-refractivity contribution in [1.82, 2.24) is 9.88 Å². The van der Waals surface area contributed by atoms with Gasteiger partial charge in [-0.3, -0.25) is 14.6 Å². The van der Waals surface area contributed by atoms with E-state index in [0.29, 0.717) is 42.3 Å². The zero-order valence-corrected chi connectivity index (χ0v) is 17.7. The molecule has 2 amide bonds. The largest absolute Gasteiger partial charge is 0.496 e. The van der Waals surface area contributed by atoms with Gasteiger partial charge in [0, 0.05) is 18.8 Å². The molecule has 0 spiro atoms. The van der Waals surface area contributed by atoms with Gasteiger partial charge in [0.05, 0.1) is 31.5 Å². The number of rotatable bonds is 4. The number of ether oxygens (including phenoxy) is 2. The van der Waals surface area contributed by atoms with Crippen LogP contribution >= 0.6 is 0 Å². The van der Waals surface area contributed by atoms with E-state index in [9.17, 15) is 9.59 Å². The Bertz CT molecular complexity index is 1150. The fourth-order valence-corrected chi connectivity index (χ4v) is 4.41. The number of likely N-dealkylation sites (tertiary alicyclic amines) is 1. The third-order valence-electron chi connectivity index (χ3n) is 5.93. The molecule has 7 heteroatoms. The average Bonchev–Trinajstić information content (AvgIpc) is 3.27. The molecule has 2 aromatic carbocycles. The third-order valence-corrected chi connectivity index (χ3v) is 5.93. The fourth-order valence-electron chi connectivity index (χ4n) is 4.41. The molecule has 162 valence electrons. The number of pyridine rings is 1. The number of methoxy groups -OCH3 is 1. The van der Waals surface area contributed by atoms with Crippen molar-refractivity contribution >= 4 is 17.5 Å². The summed E-state index contributed by atoms with van der Waals surface area (Å²) in [5.41, 5.74) is 2.03. The second kappa shape index (κ2) is 8.34. The van der Waals surface area contributed by atoms with Crippen LogP contribution in [0.2, 0.25) is 0 Å². The third kappa shape index (κ3) is 3.56. The molecule has 3 aromatic rings. The lowest BCUT2D eigenvalue weighted by Crippen LogP contribution is -2.48. The summed E-state index contributed by atoms with van der Waals surface area (Å²) in [4.78, 5) is 34.8. The topological polar surface area (TPSA) is 72.0 Å². The lowest BCUT2D eigenvalue weighted by atomic mass is 10.1. The van der Waals surface area contributed by atoms with Crippen LogP contribution in [0.15, 0.2) is 73.1 Å². The molecule has 0 radical (unpaired) electrons. The van der Waals surface area contributed by atoms with Gasteiger partial charge in [-0.15, -0.1) is 0 Å².